The minimum atomic E-state index is -3.73. The number of para-hydroxylation sites is 2. The molecule has 1 heterocycles. The minimum Gasteiger partial charge on any atom is -0.495 e. The van der Waals surface area contributed by atoms with Crippen LogP contribution in [0.5, 0.6) is 5.75 Å². The maximum absolute atomic E-state index is 12.4. The number of sulfonamides is 1. The lowest BCUT2D eigenvalue weighted by molar-refractivity contribution is 0.271. The maximum atomic E-state index is 12.4. The SMILES string of the molecule is CCn1cc(S(=O)(=O)Nc2ccccc2OC)cc1CO. The predicted octanol–water partition coefficient (Wildman–Crippen LogP) is 1.81. The average Bonchev–Trinajstić information content (AvgIpc) is 2.91. The highest BCUT2D eigenvalue weighted by atomic mass is 32.2. The Morgan fingerprint density at radius 1 is 1.33 bits per heavy atom. The van der Waals surface area contributed by atoms with Crippen LogP contribution < -0.4 is 9.46 Å². The van der Waals surface area contributed by atoms with Gasteiger partial charge in [0.05, 0.1) is 19.4 Å². The fourth-order valence-electron chi connectivity index (χ4n) is 2.03. The van der Waals surface area contributed by atoms with Gasteiger partial charge in [0.1, 0.15) is 10.6 Å². The van der Waals surface area contributed by atoms with Crippen molar-refractivity contribution in [3.8, 4) is 5.75 Å². The number of aliphatic hydroxyl groups is 1. The van der Waals surface area contributed by atoms with Crippen LogP contribution >= 0.6 is 0 Å². The van der Waals surface area contributed by atoms with Crippen LogP contribution in [0, 0.1) is 0 Å². The lowest BCUT2D eigenvalue weighted by Gasteiger charge is -2.10. The molecular formula is C14H18N2O4S. The van der Waals surface area contributed by atoms with Gasteiger partial charge in [0.15, 0.2) is 0 Å². The third-order valence-corrected chi connectivity index (χ3v) is 4.46. The molecule has 0 aliphatic heterocycles. The van der Waals surface area contributed by atoms with Gasteiger partial charge in [-0.2, -0.15) is 0 Å². The molecule has 0 amide bonds. The molecule has 7 heteroatoms. The number of aryl methyl sites for hydroxylation is 1. The lowest BCUT2D eigenvalue weighted by Crippen LogP contribution is -2.13. The molecule has 2 N–H and O–H groups in total. The van der Waals surface area contributed by atoms with E-state index in [-0.39, 0.29) is 11.5 Å². The topological polar surface area (TPSA) is 80.6 Å². The summed E-state index contributed by atoms with van der Waals surface area (Å²) >= 11 is 0. The van der Waals surface area contributed by atoms with E-state index in [1.54, 1.807) is 28.8 Å². The normalized spacial score (nSPS) is 11.4. The van der Waals surface area contributed by atoms with Crippen LogP contribution in [0.15, 0.2) is 41.4 Å². The standard InChI is InChI=1S/C14H18N2O4S/c1-3-16-9-12(8-11(16)10-17)21(18,19)15-13-6-4-5-7-14(13)20-2/h4-9,15,17H,3,10H2,1-2H3. The van der Waals surface area contributed by atoms with Crippen LogP contribution in [0.2, 0.25) is 0 Å². The number of benzene rings is 1. The first-order valence-electron chi connectivity index (χ1n) is 6.47. The van der Waals surface area contributed by atoms with E-state index >= 15 is 0 Å². The van der Waals surface area contributed by atoms with Gasteiger partial charge in [-0.25, -0.2) is 8.42 Å². The van der Waals surface area contributed by atoms with Crippen molar-refractivity contribution >= 4 is 15.7 Å². The van der Waals surface area contributed by atoms with Crippen LogP contribution in [0.3, 0.4) is 0 Å². The zero-order valence-corrected chi connectivity index (χ0v) is 12.7. The number of aromatic nitrogens is 1. The van der Waals surface area contributed by atoms with Gasteiger partial charge >= 0.3 is 0 Å². The third-order valence-electron chi connectivity index (χ3n) is 3.13. The second-order valence-corrected chi connectivity index (χ2v) is 6.10. The number of methoxy groups -OCH3 is 1. The second-order valence-electron chi connectivity index (χ2n) is 4.42. The first kappa shape index (κ1) is 15.4. The average molecular weight is 310 g/mol. The van der Waals surface area contributed by atoms with Gasteiger partial charge in [-0.05, 0) is 25.1 Å². The van der Waals surface area contributed by atoms with Crippen molar-refractivity contribution in [2.24, 2.45) is 0 Å². The second kappa shape index (κ2) is 6.19. The van der Waals surface area contributed by atoms with Crippen LogP contribution in [0.1, 0.15) is 12.6 Å². The highest BCUT2D eigenvalue weighted by Gasteiger charge is 2.19. The summed E-state index contributed by atoms with van der Waals surface area (Å²) in [5.41, 5.74) is 0.924. The Morgan fingerprint density at radius 3 is 2.62 bits per heavy atom. The molecule has 0 unspecified atom stereocenters. The number of anilines is 1. The molecule has 0 aliphatic carbocycles. The van der Waals surface area contributed by atoms with E-state index in [9.17, 15) is 13.5 Å². The highest BCUT2D eigenvalue weighted by molar-refractivity contribution is 7.92. The van der Waals surface area contributed by atoms with E-state index in [1.165, 1.54) is 19.4 Å². The zero-order chi connectivity index (χ0) is 15.5. The quantitative estimate of drug-likeness (QED) is 0.852. The van der Waals surface area contributed by atoms with Crippen molar-refractivity contribution in [3.05, 3.63) is 42.2 Å². The maximum Gasteiger partial charge on any atom is 0.263 e. The van der Waals surface area contributed by atoms with E-state index in [1.807, 2.05) is 6.92 Å². The smallest absolute Gasteiger partial charge is 0.263 e. The van der Waals surface area contributed by atoms with E-state index in [4.69, 9.17) is 4.74 Å². The predicted molar refractivity (Wildman–Crippen MR) is 79.8 cm³/mol. The molecule has 0 radical (unpaired) electrons. The number of hydrogen-bond acceptors (Lipinski definition) is 4. The van der Waals surface area contributed by atoms with E-state index in [2.05, 4.69) is 4.72 Å². The van der Waals surface area contributed by atoms with Gasteiger partial charge in [0.2, 0.25) is 0 Å². The summed E-state index contributed by atoms with van der Waals surface area (Å²) < 4.78 is 34.1. The molecule has 21 heavy (non-hydrogen) atoms. The summed E-state index contributed by atoms with van der Waals surface area (Å²) in [5.74, 6) is 0.443. The molecular weight excluding hydrogens is 292 g/mol. The van der Waals surface area contributed by atoms with Gasteiger partial charge < -0.3 is 14.4 Å². The first-order chi connectivity index (χ1) is 10.0. The molecule has 0 bridgehead atoms. The fraction of sp³-hybridized carbons (Fsp3) is 0.286. The van der Waals surface area contributed by atoms with E-state index in [0.29, 0.717) is 23.7 Å². The Bertz CT molecular complexity index is 701. The molecule has 0 spiro atoms. The van der Waals surface area contributed by atoms with Crippen molar-refractivity contribution < 1.29 is 18.3 Å². The van der Waals surface area contributed by atoms with Crippen molar-refractivity contribution in [2.45, 2.75) is 25.0 Å². The zero-order valence-electron chi connectivity index (χ0n) is 11.9. The number of rotatable bonds is 6. The third kappa shape index (κ3) is 3.20. The molecule has 0 aliphatic rings. The highest BCUT2D eigenvalue weighted by Crippen LogP contribution is 2.26. The summed E-state index contributed by atoms with van der Waals surface area (Å²) in [7, 11) is -2.25. The number of nitrogens with zero attached hydrogens (tertiary/aromatic N) is 1. The summed E-state index contributed by atoms with van der Waals surface area (Å²) in [5, 5.41) is 9.24. The Labute approximate surface area is 124 Å². The molecule has 0 saturated carbocycles. The summed E-state index contributed by atoms with van der Waals surface area (Å²) in [6.45, 7) is 2.25. The van der Waals surface area contributed by atoms with Crippen molar-refractivity contribution in [3.63, 3.8) is 0 Å². The van der Waals surface area contributed by atoms with Crippen molar-refractivity contribution in [2.75, 3.05) is 11.8 Å². The van der Waals surface area contributed by atoms with Crippen molar-refractivity contribution in [1.29, 1.82) is 0 Å². The molecule has 1 aromatic carbocycles. The summed E-state index contributed by atoms with van der Waals surface area (Å²) in [6.07, 6.45) is 1.50. The van der Waals surface area contributed by atoms with Crippen LogP contribution in [0.4, 0.5) is 5.69 Å². The molecule has 114 valence electrons. The van der Waals surface area contributed by atoms with Crippen molar-refractivity contribution in [1.82, 2.24) is 4.57 Å². The Morgan fingerprint density at radius 2 is 2.05 bits per heavy atom. The minimum absolute atomic E-state index is 0.110. The Hall–Kier alpha value is -1.99. The number of hydrogen-bond donors (Lipinski definition) is 2. The molecule has 0 fully saturated rings. The summed E-state index contributed by atoms with van der Waals surface area (Å²) in [4.78, 5) is 0.110. The largest absolute Gasteiger partial charge is 0.495 e. The molecule has 0 saturated heterocycles. The summed E-state index contributed by atoms with van der Waals surface area (Å²) in [6, 6.07) is 8.24. The first-order valence-corrected chi connectivity index (χ1v) is 7.96. The van der Waals surface area contributed by atoms with Crippen LogP contribution in [-0.2, 0) is 23.2 Å². The molecule has 2 aromatic rings. The van der Waals surface area contributed by atoms with Crippen LogP contribution in [0.25, 0.3) is 0 Å². The van der Waals surface area contributed by atoms with Gasteiger partial charge in [-0.3, -0.25) is 4.72 Å². The molecule has 1 aromatic heterocycles. The number of aliphatic hydroxyl groups excluding tert-OH is 1. The van der Waals surface area contributed by atoms with Crippen LogP contribution in [-0.4, -0.2) is 25.2 Å². The molecule has 2 rings (SSSR count). The number of ether oxygens (including phenoxy) is 1. The lowest BCUT2D eigenvalue weighted by atomic mass is 10.3. The van der Waals surface area contributed by atoms with Gasteiger partial charge in [0, 0.05) is 18.4 Å². The molecule has 0 atom stereocenters. The van der Waals surface area contributed by atoms with Gasteiger partial charge in [-0.15, -0.1) is 0 Å². The number of nitrogens with one attached hydrogen (secondary N) is 1. The van der Waals surface area contributed by atoms with E-state index in [0.717, 1.165) is 0 Å². The van der Waals surface area contributed by atoms with Gasteiger partial charge in [-0.1, -0.05) is 12.1 Å². The fourth-order valence-corrected chi connectivity index (χ4v) is 3.16. The molecule has 6 nitrogen and oxygen atoms in total. The Kier molecular flexibility index (Phi) is 4.54. The monoisotopic (exact) mass is 310 g/mol. The van der Waals surface area contributed by atoms with E-state index < -0.39 is 10.0 Å². The Balaban J connectivity index is 2.36. The van der Waals surface area contributed by atoms with Gasteiger partial charge in [0.25, 0.3) is 10.0 Å².